The third kappa shape index (κ3) is 4.43. The topological polar surface area (TPSA) is 125 Å². The Morgan fingerprint density at radius 2 is 2.03 bits per heavy atom. The predicted molar refractivity (Wildman–Crippen MR) is 117 cm³/mol. The first kappa shape index (κ1) is 20.6. The highest BCUT2D eigenvalue weighted by Crippen LogP contribution is 2.33. The van der Waals surface area contributed by atoms with Gasteiger partial charge in [0.1, 0.15) is 0 Å². The Morgan fingerprint density at radius 1 is 1.26 bits per heavy atom. The number of fused-ring (bicyclic) bond motifs is 1. The molecule has 0 saturated carbocycles. The van der Waals surface area contributed by atoms with Crippen LogP contribution in [0.1, 0.15) is 18.1 Å². The number of hydrogen-bond donors (Lipinski definition) is 2. The summed E-state index contributed by atoms with van der Waals surface area (Å²) in [6.45, 7) is 2.86. The molecule has 1 aromatic heterocycles. The molecule has 1 aliphatic heterocycles. The number of aliphatic carboxylic acids is 1. The van der Waals surface area contributed by atoms with Crippen molar-refractivity contribution in [2.24, 2.45) is 0 Å². The first-order chi connectivity index (χ1) is 14.8. The van der Waals surface area contributed by atoms with E-state index in [2.05, 4.69) is 26.2 Å². The molecular weight excluding hydrogens is 418 g/mol. The smallest absolute Gasteiger partial charge is 0.313 e. The largest absolute Gasteiger partial charge is 0.481 e. The molecule has 0 unspecified atom stereocenters. The second-order valence-corrected chi connectivity index (χ2v) is 8.17. The van der Waals surface area contributed by atoms with Crippen molar-refractivity contribution in [1.29, 1.82) is 0 Å². The molecule has 0 saturated heterocycles. The number of carboxylic acids is 1. The van der Waals surface area contributed by atoms with E-state index in [1.165, 1.54) is 17.7 Å². The summed E-state index contributed by atoms with van der Waals surface area (Å²) in [5.41, 5.74) is 5.42. The lowest BCUT2D eigenvalue weighted by Crippen LogP contribution is -2.19. The number of H-pyrrole nitrogens is 1. The number of non-ortho nitro benzene ring substituents is 1. The van der Waals surface area contributed by atoms with Crippen LogP contribution in [0, 0.1) is 10.1 Å². The van der Waals surface area contributed by atoms with Crippen molar-refractivity contribution < 1.29 is 14.8 Å². The number of allylic oxidation sites excluding steroid dienone is 1. The van der Waals surface area contributed by atoms with Gasteiger partial charge in [-0.2, -0.15) is 0 Å². The Kier molecular flexibility index (Phi) is 5.47. The van der Waals surface area contributed by atoms with Gasteiger partial charge in [-0.3, -0.25) is 20.0 Å². The lowest BCUT2D eigenvalue weighted by molar-refractivity contribution is -0.384. The van der Waals surface area contributed by atoms with E-state index in [9.17, 15) is 14.9 Å². The maximum Gasteiger partial charge on any atom is 0.313 e. The molecule has 0 radical (unpaired) electrons. The number of carboxylic acid groups (broad SMARTS) is 1. The van der Waals surface area contributed by atoms with Crippen LogP contribution in [-0.2, 0) is 11.3 Å². The molecule has 2 N–H and O–H groups in total. The molecule has 0 fully saturated rings. The molecule has 9 nitrogen and oxygen atoms in total. The molecular formula is C21H19N5O4S. The van der Waals surface area contributed by atoms with Crippen molar-refractivity contribution in [2.45, 2.75) is 18.6 Å². The number of aromatic amines is 1. The van der Waals surface area contributed by atoms with Crippen LogP contribution in [0.25, 0.3) is 28.6 Å². The summed E-state index contributed by atoms with van der Waals surface area (Å²) in [6, 6.07) is 10.8. The quantitative estimate of drug-likeness (QED) is 0.336. The van der Waals surface area contributed by atoms with Gasteiger partial charge in [0.25, 0.3) is 5.69 Å². The normalized spacial score (nSPS) is 13.0. The lowest BCUT2D eigenvalue weighted by Gasteiger charge is -2.26. The number of benzene rings is 2. The van der Waals surface area contributed by atoms with Gasteiger partial charge in [0.2, 0.25) is 5.16 Å². The number of nitrogens with one attached hydrogen (secondary N) is 1. The highest BCUT2D eigenvalue weighted by molar-refractivity contribution is 7.99. The highest BCUT2D eigenvalue weighted by atomic mass is 32.2. The average Bonchev–Trinajstić information content (AvgIpc) is 3.21. The zero-order valence-electron chi connectivity index (χ0n) is 16.8. The molecule has 10 heteroatoms. The van der Waals surface area contributed by atoms with Gasteiger partial charge in [0.15, 0.2) is 5.82 Å². The van der Waals surface area contributed by atoms with Crippen molar-refractivity contribution in [1.82, 2.24) is 20.1 Å². The van der Waals surface area contributed by atoms with Crippen LogP contribution in [0.3, 0.4) is 0 Å². The monoisotopic (exact) mass is 437 g/mol. The Hall–Kier alpha value is -3.66. The summed E-state index contributed by atoms with van der Waals surface area (Å²) < 4.78 is 0. The average molecular weight is 437 g/mol. The van der Waals surface area contributed by atoms with E-state index in [-0.39, 0.29) is 16.6 Å². The minimum Gasteiger partial charge on any atom is -0.481 e. The van der Waals surface area contributed by atoms with E-state index in [0.29, 0.717) is 17.0 Å². The van der Waals surface area contributed by atoms with E-state index >= 15 is 0 Å². The third-order valence-electron chi connectivity index (χ3n) is 5.04. The molecule has 2 aromatic carbocycles. The summed E-state index contributed by atoms with van der Waals surface area (Å²) in [6.07, 6.45) is 2.10. The van der Waals surface area contributed by atoms with E-state index in [0.717, 1.165) is 35.1 Å². The number of thioether (sulfide) groups is 1. The van der Waals surface area contributed by atoms with Gasteiger partial charge >= 0.3 is 5.97 Å². The molecule has 31 heavy (non-hydrogen) atoms. The number of nitro benzene ring substituents is 1. The Labute approximate surface area is 182 Å². The second-order valence-electron chi connectivity index (χ2n) is 7.23. The summed E-state index contributed by atoms with van der Waals surface area (Å²) in [5.74, 6) is -0.806. The van der Waals surface area contributed by atoms with E-state index in [4.69, 9.17) is 5.11 Å². The Bertz CT molecular complexity index is 1220. The molecule has 2 heterocycles. The minimum absolute atomic E-state index is 0.0622. The molecule has 0 atom stereocenters. The number of rotatable bonds is 6. The van der Waals surface area contributed by atoms with Crippen LogP contribution in [0.2, 0.25) is 0 Å². The van der Waals surface area contributed by atoms with Crippen molar-refractivity contribution >= 4 is 29.5 Å². The first-order valence-electron chi connectivity index (χ1n) is 9.40. The van der Waals surface area contributed by atoms with Gasteiger partial charge in [-0.25, -0.2) is 4.98 Å². The fourth-order valence-electron chi connectivity index (χ4n) is 3.35. The number of aromatic nitrogens is 3. The predicted octanol–water partition coefficient (Wildman–Crippen LogP) is 4.03. The van der Waals surface area contributed by atoms with Crippen molar-refractivity contribution in [2.75, 3.05) is 12.8 Å². The van der Waals surface area contributed by atoms with E-state index < -0.39 is 10.9 Å². The van der Waals surface area contributed by atoms with Gasteiger partial charge in [-0.15, -0.1) is 5.10 Å². The molecule has 3 aromatic rings. The van der Waals surface area contributed by atoms with Crippen molar-refractivity contribution in [3.05, 3.63) is 63.3 Å². The van der Waals surface area contributed by atoms with Crippen LogP contribution in [0.4, 0.5) is 5.69 Å². The molecule has 0 bridgehead atoms. The van der Waals surface area contributed by atoms with Crippen LogP contribution in [0.5, 0.6) is 0 Å². The molecule has 0 amide bonds. The molecule has 0 spiro atoms. The third-order valence-corrected chi connectivity index (χ3v) is 5.88. The van der Waals surface area contributed by atoms with E-state index in [1.807, 2.05) is 38.2 Å². The minimum atomic E-state index is -0.975. The van der Waals surface area contributed by atoms with Crippen molar-refractivity contribution in [3.63, 3.8) is 0 Å². The summed E-state index contributed by atoms with van der Waals surface area (Å²) in [5, 5.41) is 27.3. The summed E-state index contributed by atoms with van der Waals surface area (Å²) in [7, 11) is 2.04. The fraction of sp³-hybridized carbons (Fsp3) is 0.190. The van der Waals surface area contributed by atoms with Gasteiger partial charge in [0, 0.05) is 37.0 Å². The molecule has 0 aliphatic carbocycles. The maximum atomic E-state index is 11.5. The number of nitrogens with zero attached hydrogens (tertiary/aromatic N) is 4. The molecule has 158 valence electrons. The number of nitro groups is 1. The van der Waals surface area contributed by atoms with Gasteiger partial charge in [-0.1, -0.05) is 23.9 Å². The van der Waals surface area contributed by atoms with Crippen LogP contribution >= 0.6 is 11.8 Å². The Morgan fingerprint density at radius 3 is 2.77 bits per heavy atom. The summed E-state index contributed by atoms with van der Waals surface area (Å²) >= 11 is 0.974. The first-order valence-corrected chi connectivity index (χ1v) is 10.4. The zero-order chi connectivity index (χ0) is 22.1. The second kappa shape index (κ2) is 8.23. The molecule has 1 aliphatic rings. The Balaban J connectivity index is 1.73. The van der Waals surface area contributed by atoms with Crippen molar-refractivity contribution in [3.8, 4) is 22.5 Å². The van der Waals surface area contributed by atoms with Crippen LogP contribution in [0.15, 0.2) is 47.3 Å². The SMILES string of the molecule is CC1=Cc2cc(-c3cc(-c4nc(SCC(=O)O)n[nH]4)cc([N+](=O)[O-])c3)ccc2CN1C. The van der Waals surface area contributed by atoms with Crippen LogP contribution in [-0.4, -0.2) is 48.9 Å². The van der Waals surface area contributed by atoms with Gasteiger partial charge in [0.05, 0.1) is 10.7 Å². The summed E-state index contributed by atoms with van der Waals surface area (Å²) in [4.78, 5) is 28.3. The van der Waals surface area contributed by atoms with E-state index in [1.54, 1.807) is 0 Å². The standard InChI is InChI=1S/C21H19N5O4S/c1-12-5-15-6-13(3-4-14(15)10-25(12)2)16-7-17(9-18(8-16)26(29)30)20-22-21(24-23-20)31-11-19(27)28/h3-9H,10-11H2,1-2H3,(H,27,28)(H,22,23,24). The van der Waals surface area contributed by atoms with Gasteiger partial charge < -0.3 is 10.0 Å². The zero-order valence-corrected chi connectivity index (χ0v) is 17.6. The number of hydrogen-bond acceptors (Lipinski definition) is 7. The highest BCUT2D eigenvalue weighted by Gasteiger charge is 2.17. The lowest BCUT2D eigenvalue weighted by atomic mass is 9.95. The van der Waals surface area contributed by atoms with Crippen LogP contribution < -0.4 is 0 Å². The fourth-order valence-corrected chi connectivity index (χ4v) is 3.87. The van der Waals surface area contributed by atoms with Gasteiger partial charge in [-0.05, 0) is 47.4 Å². The maximum absolute atomic E-state index is 11.5. The molecule has 4 rings (SSSR count). The number of carbonyl (C=O) groups is 1.